The van der Waals surface area contributed by atoms with Gasteiger partial charge in [0.15, 0.2) is 0 Å². The Balaban J connectivity index is -0.0000000171. The third-order valence-electron chi connectivity index (χ3n) is 0. The first-order valence-corrected chi connectivity index (χ1v) is 3.19. The van der Waals surface area contributed by atoms with Crippen LogP contribution in [0.15, 0.2) is 0 Å². The van der Waals surface area contributed by atoms with Gasteiger partial charge in [-0.1, -0.05) is 0 Å². The summed E-state index contributed by atoms with van der Waals surface area (Å²) < 4.78 is 45.7. The van der Waals surface area contributed by atoms with Gasteiger partial charge >= 0.3 is 37.7 Å². The van der Waals surface area contributed by atoms with E-state index in [1.54, 1.807) is 0 Å². The summed E-state index contributed by atoms with van der Waals surface area (Å²) in [5.41, 5.74) is 0. The zero-order valence-electron chi connectivity index (χ0n) is 6.13. The summed E-state index contributed by atoms with van der Waals surface area (Å²) in [6, 6.07) is 0. The molecular weight excluding hydrogens is 200 g/mol. The van der Waals surface area contributed by atoms with Crippen molar-refractivity contribution in [2.45, 2.75) is 0 Å². The molecule has 0 aliphatic carbocycles. The molecule has 0 spiro atoms. The summed E-state index contributed by atoms with van der Waals surface area (Å²) in [7, 11) is 0. The Kier molecular flexibility index (Phi) is 22.6. The van der Waals surface area contributed by atoms with Crippen molar-refractivity contribution in [2.75, 3.05) is 0 Å². The molecule has 56 valence electrons. The fourth-order valence-electron chi connectivity index (χ4n) is 0. The average Bonchev–Trinajstić information content (AvgIpc) is 1.25. The smallest absolute Gasteiger partial charge is 1.00 e. The number of rotatable bonds is 0. The van der Waals surface area contributed by atoms with Gasteiger partial charge < -0.3 is 2.85 Å². The molecule has 0 amide bonds. The van der Waals surface area contributed by atoms with E-state index in [0.717, 1.165) is 0 Å². The molecular formula is H6CaO6S2. The second-order valence-corrected chi connectivity index (χ2v) is 1.38. The van der Waals surface area contributed by atoms with Gasteiger partial charge in [0, 0.05) is 0 Å². The molecule has 0 aliphatic heterocycles. The van der Waals surface area contributed by atoms with Crippen LogP contribution in [0.3, 0.4) is 0 Å². The van der Waals surface area contributed by atoms with Crippen LogP contribution in [0.25, 0.3) is 0 Å². The molecule has 0 unspecified atom stereocenters. The van der Waals surface area contributed by atoms with Crippen LogP contribution in [0.1, 0.15) is 2.85 Å². The molecule has 0 fully saturated rings. The van der Waals surface area contributed by atoms with E-state index in [4.69, 9.17) is 26.6 Å². The van der Waals surface area contributed by atoms with Crippen molar-refractivity contribution in [3.8, 4) is 0 Å². The van der Waals surface area contributed by atoms with Crippen molar-refractivity contribution in [2.24, 2.45) is 0 Å². The third-order valence-corrected chi connectivity index (χ3v) is 0. The molecule has 0 aliphatic rings. The van der Waals surface area contributed by atoms with Crippen LogP contribution in [0.5, 0.6) is 0 Å². The minimum Gasteiger partial charge on any atom is -1.00 e. The minimum absolute atomic E-state index is 0. The van der Waals surface area contributed by atoms with Gasteiger partial charge in [0.1, 0.15) is 0 Å². The molecule has 0 atom stereocenters. The molecule has 9 heavy (non-hydrogen) atoms. The molecule has 0 heterocycles. The Labute approximate surface area is 89.2 Å². The second kappa shape index (κ2) is 12.1. The normalized spacial score (nSPS) is 7.78. The van der Waals surface area contributed by atoms with Crippen molar-refractivity contribution >= 4 is 60.5 Å². The molecule has 0 saturated heterocycles. The predicted octanol–water partition coefficient (Wildman–Crippen LogP) is -0.794. The van der Waals surface area contributed by atoms with Crippen LogP contribution in [-0.4, -0.2) is 64.4 Å². The van der Waals surface area contributed by atoms with E-state index < -0.39 is 22.7 Å². The zero-order chi connectivity index (χ0) is 7.15. The van der Waals surface area contributed by atoms with Gasteiger partial charge in [-0.2, -0.15) is 8.42 Å². The minimum atomic E-state index is -2.61. The van der Waals surface area contributed by atoms with E-state index in [-0.39, 0.29) is 40.6 Å². The maximum Gasteiger partial charge on any atom is 2.00 e. The van der Waals surface area contributed by atoms with Gasteiger partial charge in [0.2, 0.25) is 0 Å². The fourth-order valence-corrected chi connectivity index (χ4v) is 0. The first-order chi connectivity index (χ1) is 3.46. The molecule has 0 aromatic heterocycles. The predicted molar refractivity (Wildman–Crippen MR) is 34.8 cm³/mol. The van der Waals surface area contributed by atoms with Gasteiger partial charge in [0.05, 0.1) is 0 Å². The van der Waals surface area contributed by atoms with Crippen LogP contribution in [0, 0.1) is 0 Å². The molecule has 0 aromatic rings. The van der Waals surface area contributed by atoms with E-state index in [1.807, 2.05) is 0 Å². The zero-order valence-corrected chi connectivity index (χ0v) is 7.97. The van der Waals surface area contributed by atoms with Gasteiger partial charge in [-0.3, -0.25) is 18.2 Å². The summed E-state index contributed by atoms with van der Waals surface area (Å²) in [5, 5.41) is 0. The molecule has 0 bridgehead atoms. The summed E-state index contributed by atoms with van der Waals surface area (Å²) >= 11 is -5.22. The SMILES string of the molecule is O=S(O)O.O=S(O)O.[Ca+2].[H-].[H-]. The van der Waals surface area contributed by atoms with Gasteiger partial charge in [-0.05, 0) is 0 Å². The molecule has 9 heteroatoms. The van der Waals surface area contributed by atoms with Crippen LogP contribution in [-0.2, 0) is 22.7 Å². The van der Waals surface area contributed by atoms with Crippen molar-refractivity contribution in [3.05, 3.63) is 0 Å². The van der Waals surface area contributed by atoms with Crippen LogP contribution in [0.4, 0.5) is 0 Å². The molecule has 0 aromatic carbocycles. The van der Waals surface area contributed by atoms with E-state index in [9.17, 15) is 0 Å². The van der Waals surface area contributed by atoms with Crippen molar-refractivity contribution in [1.29, 1.82) is 0 Å². The third kappa shape index (κ3) is 263. The first-order valence-electron chi connectivity index (χ1n) is 1.06. The standard InChI is InChI=1S/Ca.2H2O3S.2H/c;2*1-4(2)3;;/h;2*(H2,1,2,3);;/q+2;;;2*-1. The maximum absolute atomic E-state index is 8.67. The topological polar surface area (TPSA) is 115 Å². The van der Waals surface area contributed by atoms with E-state index >= 15 is 0 Å². The van der Waals surface area contributed by atoms with Crippen molar-refractivity contribution < 1.29 is 29.5 Å². The van der Waals surface area contributed by atoms with Gasteiger partial charge in [0.25, 0.3) is 22.7 Å². The maximum atomic E-state index is 8.67. The Bertz CT molecular complexity index is 76.6. The first kappa shape index (κ1) is 16.8. The van der Waals surface area contributed by atoms with Crippen LogP contribution < -0.4 is 0 Å². The largest absolute Gasteiger partial charge is 2.00 e. The number of hydrogen-bond acceptors (Lipinski definition) is 2. The molecule has 0 saturated carbocycles. The second-order valence-electron chi connectivity index (χ2n) is 0.461. The Morgan fingerprint density at radius 3 is 0.889 bits per heavy atom. The monoisotopic (exact) mass is 206 g/mol. The van der Waals surface area contributed by atoms with Crippen LogP contribution in [0.2, 0.25) is 0 Å². The van der Waals surface area contributed by atoms with E-state index in [0.29, 0.717) is 0 Å². The average molecular weight is 206 g/mol. The summed E-state index contributed by atoms with van der Waals surface area (Å²) in [5.74, 6) is 0. The summed E-state index contributed by atoms with van der Waals surface area (Å²) in [6.07, 6.45) is 0. The van der Waals surface area contributed by atoms with Crippen LogP contribution >= 0.6 is 0 Å². The summed E-state index contributed by atoms with van der Waals surface area (Å²) in [6.45, 7) is 0. The molecule has 4 N–H and O–H groups in total. The van der Waals surface area contributed by atoms with E-state index in [1.165, 1.54) is 0 Å². The van der Waals surface area contributed by atoms with E-state index in [2.05, 4.69) is 0 Å². The van der Waals surface area contributed by atoms with Crippen molar-refractivity contribution in [3.63, 3.8) is 0 Å². The molecule has 6 nitrogen and oxygen atoms in total. The van der Waals surface area contributed by atoms with Crippen molar-refractivity contribution in [1.82, 2.24) is 0 Å². The quantitative estimate of drug-likeness (QED) is 0.305. The fraction of sp³-hybridized carbons (Fsp3) is 0. The Hall–Kier alpha value is 1.40. The Morgan fingerprint density at radius 2 is 0.889 bits per heavy atom. The van der Waals surface area contributed by atoms with Gasteiger partial charge in [-0.15, -0.1) is 0 Å². The Morgan fingerprint density at radius 1 is 0.889 bits per heavy atom. The number of hydrogen-bond donors (Lipinski definition) is 4. The van der Waals surface area contributed by atoms with Gasteiger partial charge in [-0.25, -0.2) is 0 Å². The molecule has 0 rings (SSSR count). The summed E-state index contributed by atoms with van der Waals surface area (Å²) in [4.78, 5) is 0. The molecule has 0 radical (unpaired) electrons.